The van der Waals surface area contributed by atoms with E-state index in [2.05, 4.69) is 15.9 Å². The van der Waals surface area contributed by atoms with Crippen LogP contribution in [0, 0.1) is 0 Å². The molecule has 0 saturated carbocycles. The molecule has 1 amide bonds. The summed E-state index contributed by atoms with van der Waals surface area (Å²) in [6.07, 6.45) is 0.0829. The third-order valence-electron chi connectivity index (χ3n) is 2.92. The van der Waals surface area contributed by atoms with Gasteiger partial charge in [-0.2, -0.15) is 0 Å². The molecule has 1 rings (SSSR count). The Labute approximate surface area is 127 Å². The molecule has 0 aliphatic rings. The van der Waals surface area contributed by atoms with Crippen molar-refractivity contribution in [3.63, 3.8) is 0 Å². The summed E-state index contributed by atoms with van der Waals surface area (Å²) in [6.45, 7) is 2.16. The molecule has 6 heteroatoms. The van der Waals surface area contributed by atoms with E-state index >= 15 is 0 Å². The smallest absolute Gasteiger partial charge is 0.257 e. The van der Waals surface area contributed by atoms with Crippen LogP contribution in [0.2, 0.25) is 0 Å². The Morgan fingerprint density at radius 2 is 2.05 bits per heavy atom. The summed E-state index contributed by atoms with van der Waals surface area (Å²) >= 11 is 3.36. The molecule has 1 aromatic rings. The molecule has 20 heavy (non-hydrogen) atoms. The van der Waals surface area contributed by atoms with Gasteiger partial charge >= 0.3 is 0 Å². The van der Waals surface area contributed by atoms with Crippen molar-refractivity contribution in [2.75, 3.05) is 27.8 Å². The van der Waals surface area contributed by atoms with Gasteiger partial charge in [-0.1, -0.05) is 0 Å². The molecule has 1 atom stereocenters. The Morgan fingerprint density at radius 1 is 1.40 bits per heavy atom. The van der Waals surface area contributed by atoms with Crippen molar-refractivity contribution in [2.45, 2.75) is 19.4 Å². The second-order valence-electron chi connectivity index (χ2n) is 4.55. The zero-order chi connectivity index (χ0) is 15.3. The van der Waals surface area contributed by atoms with Crippen LogP contribution in [0.4, 0.5) is 0 Å². The van der Waals surface area contributed by atoms with E-state index in [1.807, 2.05) is 0 Å². The number of carbonyl (C=O) groups is 1. The minimum atomic E-state index is -0.441. The number of halogens is 1. The first-order valence-electron chi connectivity index (χ1n) is 6.25. The van der Waals surface area contributed by atoms with Gasteiger partial charge < -0.3 is 19.5 Å². The number of hydrogen-bond acceptors (Lipinski definition) is 4. The summed E-state index contributed by atoms with van der Waals surface area (Å²) in [7, 11) is 4.75. The molecule has 1 unspecified atom stereocenters. The van der Waals surface area contributed by atoms with Crippen molar-refractivity contribution in [1.29, 1.82) is 0 Å². The fourth-order valence-corrected chi connectivity index (χ4v) is 2.34. The normalized spacial score (nSPS) is 11.9. The highest BCUT2D eigenvalue weighted by atomic mass is 79.9. The van der Waals surface area contributed by atoms with Gasteiger partial charge in [-0.05, 0) is 41.4 Å². The van der Waals surface area contributed by atoms with Crippen molar-refractivity contribution < 1.29 is 19.4 Å². The summed E-state index contributed by atoms with van der Waals surface area (Å²) in [4.78, 5) is 14.0. The van der Waals surface area contributed by atoms with Crippen molar-refractivity contribution in [3.05, 3.63) is 22.2 Å². The summed E-state index contributed by atoms with van der Waals surface area (Å²) < 4.78 is 11.1. The van der Waals surface area contributed by atoms with Gasteiger partial charge in [0.15, 0.2) is 0 Å². The maximum atomic E-state index is 12.4. The van der Waals surface area contributed by atoms with Crippen LogP contribution in [-0.2, 0) is 0 Å². The number of carbonyl (C=O) groups excluding carboxylic acids is 1. The number of amides is 1. The topological polar surface area (TPSA) is 59.0 Å². The predicted molar refractivity (Wildman–Crippen MR) is 80.5 cm³/mol. The lowest BCUT2D eigenvalue weighted by Gasteiger charge is -2.20. The third-order valence-corrected chi connectivity index (χ3v) is 3.51. The Bertz CT molecular complexity index is 476. The average molecular weight is 346 g/mol. The largest absolute Gasteiger partial charge is 0.497 e. The number of ether oxygens (including phenoxy) is 2. The monoisotopic (exact) mass is 345 g/mol. The zero-order valence-corrected chi connectivity index (χ0v) is 13.7. The fraction of sp³-hybridized carbons (Fsp3) is 0.500. The van der Waals surface area contributed by atoms with Gasteiger partial charge in [-0.15, -0.1) is 0 Å². The first-order valence-corrected chi connectivity index (χ1v) is 7.05. The predicted octanol–water partition coefficient (Wildman–Crippen LogP) is 2.31. The molecule has 0 aromatic heterocycles. The van der Waals surface area contributed by atoms with Gasteiger partial charge in [-0.25, -0.2) is 0 Å². The maximum Gasteiger partial charge on any atom is 0.257 e. The van der Waals surface area contributed by atoms with Gasteiger partial charge in [-0.3, -0.25) is 4.79 Å². The van der Waals surface area contributed by atoms with Crippen LogP contribution < -0.4 is 9.47 Å². The second-order valence-corrected chi connectivity index (χ2v) is 5.41. The van der Waals surface area contributed by atoms with E-state index in [4.69, 9.17) is 9.47 Å². The van der Waals surface area contributed by atoms with E-state index in [9.17, 15) is 9.90 Å². The standard InChI is InChI=1S/C14H20BrNO4/c1-9(17)5-6-16(2)14(18)11-7-10(19-3)8-12(15)13(11)20-4/h7-9,17H,5-6H2,1-4H3. The quantitative estimate of drug-likeness (QED) is 0.859. The lowest BCUT2D eigenvalue weighted by molar-refractivity contribution is 0.0765. The van der Waals surface area contributed by atoms with Crippen molar-refractivity contribution in [2.24, 2.45) is 0 Å². The van der Waals surface area contributed by atoms with Gasteiger partial charge in [0.1, 0.15) is 11.5 Å². The van der Waals surface area contributed by atoms with Crippen molar-refractivity contribution in [1.82, 2.24) is 4.90 Å². The fourth-order valence-electron chi connectivity index (χ4n) is 1.74. The summed E-state index contributed by atoms with van der Waals surface area (Å²) in [5, 5.41) is 9.29. The highest BCUT2D eigenvalue weighted by Gasteiger charge is 2.20. The van der Waals surface area contributed by atoms with E-state index in [1.165, 1.54) is 7.11 Å². The number of nitrogens with zero attached hydrogens (tertiary/aromatic N) is 1. The summed E-state index contributed by atoms with van der Waals surface area (Å²) in [5.74, 6) is 0.867. The molecule has 0 heterocycles. The minimum absolute atomic E-state index is 0.179. The van der Waals surface area contributed by atoms with Gasteiger partial charge in [0.05, 0.1) is 30.4 Å². The number of aliphatic hydroxyl groups excluding tert-OH is 1. The van der Waals surface area contributed by atoms with Crippen LogP contribution in [0.25, 0.3) is 0 Å². The van der Waals surface area contributed by atoms with Crippen LogP contribution >= 0.6 is 15.9 Å². The maximum absolute atomic E-state index is 12.4. The molecule has 112 valence electrons. The van der Waals surface area contributed by atoms with Crippen molar-refractivity contribution >= 4 is 21.8 Å². The Balaban J connectivity index is 3.04. The zero-order valence-electron chi connectivity index (χ0n) is 12.1. The molecule has 0 radical (unpaired) electrons. The molecule has 1 N–H and O–H groups in total. The molecule has 0 spiro atoms. The number of hydrogen-bond donors (Lipinski definition) is 1. The highest BCUT2D eigenvalue weighted by molar-refractivity contribution is 9.10. The van der Waals surface area contributed by atoms with Crippen LogP contribution in [0.5, 0.6) is 11.5 Å². The molecule has 1 aromatic carbocycles. The molecule has 0 aliphatic heterocycles. The van der Waals surface area contributed by atoms with Crippen LogP contribution in [0.15, 0.2) is 16.6 Å². The SMILES string of the molecule is COc1cc(Br)c(OC)c(C(=O)N(C)CCC(C)O)c1. The first kappa shape index (κ1) is 16.8. The molecule has 0 aliphatic carbocycles. The molecular formula is C14H20BrNO4. The van der Waals surface area contributed by atoms with Gasteiger partial charge in [0.2, 0.25) is 0 Å². The summed E-state index contributed by atoms with van der Waals surface area (Å²) in [6, 6.07) is 3.39. The molecule has 5 nitrogen and oxygen atoms in total. The van der Waals surface area contributed by atoms with E-state index < -0.39 is 6.10 Å². The number of benzene rings is 1. The van der Waals surface area contributed by atoms with E-state index in [-0.39, 0.29) is 5.91 Å². The lowest BCUT2D eigenvalue weighted by Crippen LogP contribution is -2.29. The molecular weight excluding hydrogens is 326 g/mol. The first-order chi connectivity index (χ1) is 9.40. The van der Waals surface area contributed by atoms with Crippen molar-refractivity contribution in [3.8, 4) is 11.5 Å². The van der Waals surface area contributed by atoms with Crippen LogP contribution in [-0.4, -0.2) is 49.8 Å². The minimum Gasteiger partial charge on any atom is -0.497 e. The highest BCUT2D eigenvalue weighted by Crippen LogP contribution is 2.34. The van der Waals surface area contributed by atoms with E-state index in [0.29, 0.717) is 34.5 Å². The van der Waals surface area contributed by atoms with Crippen LogP contribution in [0.1, 0.15) is 23.7 Å². The number of methoxy groups -OCH3 is 2. The average Bonchev–Trinajstić information content (AvgIpc) is 2.42. The van der Waals surface area contributed by atoms with Gasteiger partial charge in [0, 0.05) is 13.6 Å². The molecule has 0 bridgehead atoms. The Hall–Kier alpha value is -1.27. The molecule has 0 saturated heterocycles. The number of aliphatic hydroxyl groups is 1. The number of rotatable bonds is 6. The lowest BCUT2D eigenvalue weighted by atomic mass is 10.1. The van der Waals surface area contributed by atoms with E-state index in [0.717, 1.165) is 0 Å². The summed E-state index contributed by atoms with van der Waals surface area (Å²) in [5.41, 5.74) is 0.423. The Morgan fingerprint density at radius 3 is 2.55 bits per heavy atom. The van der Waals surface area contributed by atoms with E-state index in [1.54, 1.807) is 38.1 Å². The van der Waals surface area contributed by atoms with Gasteiger partial charge in [0.25, 0.3) is 5.91 Å². The Kier molecular flexibility index (Phi) is 6.29. The third kappa shape index (κ3) is 4.11. The second kappa shape index (κ2) is 7.50. The molecule has 0 fully saturated rings. The van der Waals surface area contributed by atoms with Crippen LogP contribution in [0.3, 0.4) is 0 Å².